The van der Waals surface area contributed by atoms with Crippen LogP contribution < -0.4 is 4.90 Å². The van der Waals surface area contributed by atoms with Crippen molar-refractivity contribution in [1.29, 1.82) is 0 Å². The molecule has 0 aliphatic carbocycles. The summed E-state index contributed by atoms with van der Waals surface area (Å²) in [5, 5.41) is 6.27. The Morgan fingerprint density at radius 2 is 1.80 bits per heavy atom. The molecule has 2 heterocycles. The number of benzene rings is 2. The van der Waals surface area contributed by atoms with Gasteiger partial charge in [0.1, 0.15) is 0 Å². The van der Waals surface area contributed by atoms with Crippen molar-refractivity contribution >= 4 is 17.3 Å². The number of imidazole rings is 1. The molecule has 4 rings (SSSR count). The van der Waals surface area contributed by atoms with Gasteiger partial charge in [0.05, 0.1) is 18.1 Å². The minimum absolute atomic E-state index is 0.145. The van der Waals surface area contributed by atoms with Gasteiger partial charge >= 0.3 is 0 Å². The zero-order valence-corrected chi connectivity index (χ0v) is 17.5. The van der Waals surface area contributed by atoms with Crippen molar-refractivity contribution in [3.05, 3.63) is 90.5 Å². The average Bonchev–Trinajstić information content (AvgIpc) is 3.44. The minimum atomic E-state index is -0.151. The van der Waals surface area contributed by atoms with E-state index in [0.29, 0.717) is 12.0 Å². The van der Waals surface area contributed by atoms with Gasteiger partial charge in [0.15, 0.2) is 0 Å². The summed E-state index contributed by atoms with van der Waals surface area (Å²) in [7, 11) is 4.02. The minimum Gasteiger partial charge on any atom is -0.378 e. The molecule has 1 aliphatic rings. The summed E-state index contributed by atoms with van der Waals surface area (Å²) in [5.41, 5.74) is 5.58. The third kappa shape index (κ3) is 3.76. The molecule has 0 N–H and O–H groups in total. The van der Waals surface area contributed by atoms with Crippen LogP contribution in [0.2, 0.25) is 0 Å². The largest absolute Gasteiger partial charge is 0.378 e. The van der Waals surface area contributed by atoms with E-state index in [2.05, 4.69) is 40.7 Å². The van der Waals surface area contributed by atoms with Gasteiger partial charge in [0.2, 0.25) is 0 Å². The molecule has 0 spiro atoms. The van der Waals surface area contributed by atoms with Gasteiger partial charge in [-0.3, -0.25) is 4.79 Å². The van der Waals surface area contributed by atoms with Gasteiger partial charge in [-0.15, -0.1) is 0 Å². The molecule has 6 nitrogen and oxygen atoms in total. The Kier molecular flexibility index (Phi) is 5.23. The summed E-state index contributed by atoms with van der Waals surface area (Å²) < 4.78 is 1.95. The van der Waals surface area contributed by atoms with E-state index in [1.54, 1.807) is 24.5 Å². The van der Waals surface area contributed by atoms with Crippen molar-refractivity contribution in [1.82, 2.24) is 14.6 Å². The second-order valence-electron chi connectivity index (χ2n) is 7.70. The van der Waals surface area contributed by atoms with Crippen molar-refractivity contribution in [3.8, 4) is 5.69 Å². The van der Waals surface area contributed by atoms with Crippen LogP contribution in [0.1, 0.15) is 30.5 Å². The van der Waals surface area contributed by atoms with Gasteiger partial charge in [-0.25, -0.2) is 9.99 Å². The lowest BCUT2D eigenvalue weighted by molar-refractivity contribution is -0.128. The zero-order valence-electron chi connectivity index (χ0n) is 17.5. The SMILES string of the molecule is C=C(C)C(=O)N1N=C(c2ccc(-n3ccnc3)cc2)CC1c1ccc(N(C)C)cc1. The fourth-order valence-electron chi connectivity index (χ4n) is 3.56. The topological polar surface area (TPSA) is 53.7 Å². The third-order valence-electron chi connectivity index (χ3n) is 5.28. The fraction of sp³-hybridized carbons (Fsp3) is 0.208. The van der Waals surface area contributed by atoms with Crippen molar-refractivity contribution in [2.45, 2.75) is 19.4 Å². The Morgan fingerprint density at radius 3 is 2.37 bits per heavy atom. The van der Waals surface area contributed by atoms with Gasteiger partial charge in [0.25, 0.3) is 5.91 Å². The maximum absolute atomic E-state index is 12.8. The molecule has 0 fully saturated rings. The number of hydrogen-bond acceptors (Lipinski definition) is 4. The highest BCUT2D eigenvalue weighted by atomic mass is 16.2. The van der Waals surface area contributed by atoms with Crippen LogP contribution in [0.3, 0.4) is 0 Å². The first kappa shape index (κ1) is 19.6. The van der Waals surface area contributed by atoms with Gasteiger partial charge in [-0.2, -0.15) is 5.10 Å². The van der Waals surface area contributed by atoms with E-state index in [-0.39, 0.29) is 11.9 Å². The normalized spacial score (nSPS) is 15.8. The predicted molar refractivity (Wildman–Crippen MR) is 120 cm³/mol. The Balaban J connectivity index is 1.63. The number of anilines is 1. The van der Waals surface area contributed by atoms with E-state index in [1.807, 2.05) is 49.1 Å². The molecule has 1 aliphatic heterocycles. The number of aromatic nitrogens is 2. The maximum atomic E-state index is 12.8. The molecular weight excluding hydrogens is 374 g/mol. The van der Waals surface area contributed by atoms with Crippen LogP contribution in [-0.2, 0) is 4.79 Å². The van der Waals surface area contributed by atoms with Gasteiger partial charge in [0, 0.05) is 49.9 Å². The summed E-state index contributed by atoms with van der Waals surface area (Å²) in [4.78, 5) is 18.9. The molecule has 152 valence electrons. The maximum Gasteiger partial charge on any atom is 0.269 e. The molecular formula is C24H25N5O. The van der Waals surface area contributed by atoms with Gasteiger partial charge in [-0.1, -0.05) is 30.8 Å². The lowest BCUT2D eigenvalue weighted by atomic mass is 9.97. The smallest absolute Gasteiger partial charge is 0.269 e. The number of hydrazone groups is 1. The molecule has 0 saturated heterocycles. The third-order valence-corrected chi connectivity index (χ3v) is 5.28. The second kappa shape index (κ2) is 7.99. The molecule has 1 aromatic heterocycles. The number of hydrogen-bond donors (Lipinski definition) is 0. The van der Waals surface area contributed by atoms with E-state index < -0.39 is 0 Å². The Hall–Kier alpha value is -3.67. The predicted octanol–water partition coefficient (Wildman–Crippen LogP) is 4.19. The van der Waals surface area contributed by atoms with Crippen LogP contribution in [0.25, 0.3) is 5.69 Å². The van der Waals surface area contributed by atoms with E-state index in [9.17, 15) is 4.79 Å². The van der Waals surface area contributed by atoms with Crippen LogP contribution in [0, 0.1) is 0 Å². The summed E-state index contributed by atoms with van der Waals surface area (Å²) in [6.07, 6.45) is 6.08. The fourth-order valence-corrected chi connectivity index (χ4v) is 3.56. The summed E-state index contributed by atoms with van der Waals surface area (Å²) in [5.74, 6) is -0.151. The first-order valence-corrected chi connectivity index (χ1v) is 9.86. The van der Waals surface area contributed by atoms with E-state index in [1.165, 1.54) is 0 Å². The van der Waals surface area contributed by atoms with E-state index in [0.717, 1.165) is 28.2 Å². The highest BCUT2D eigenvalue weighted by Gasteiger charge is 2.33. The Morgan fingerprint density at radius 1 is 1.10 bits per heavy atom. The number of rotatable bonds is 5. The van der Waals surface area contributed by atoms with Gasteiger partial charge < -0.3 is 9.47 Å². The highest BCUT2D eigenvalue weighted by Crippen LogP contribution is 2.34. The van der Waals surface area contributed by atoms with E-state index in [4.69, 9.17) is 5.10 Å². The molecule has 0 radical (unpaired) electrons. The first-order valence-electron chi connectivity index (χ1n) is 9.86. The molecule has 1 atom stereocenters. The van der Waals surface area contributed by atoms with E-state index >= 15 is 0 Å². The Bertz CT molecular complexity index is 1080. The lowest BCUT2D eigenvalue weighted by Gasteiger charge is -2.23. The molecule has 3 aromatic rings. The van der Waals surface area contributed by atoms with Crippen LogP contribution in [-0.4, -0.2) is 40.3 Å². The number of carbonyl (C=O) groups is 1. The summed E-state index contributed by atoms with van der Waals surface area (Å²) >= 11 is 0. The number of nitrogens with zero attached hydrogens (tertiary/aromatic N) is 5. The van der Waals surface area contributed by atoms with Crippen molar-refractivity contribution in [3.63, 3.8) is 0 Å². The standard InChI is InChI=1S/C24H25N5O/c1-17(2)24(30)29-23(19-7-9-20(10-8-19)27(3)4)15-22(26-29)18-5-11-21(12-6-18)28-14-13-25-16-28/h5-14,16,23H,1,15H2,2-4H3. The molecule has 0 bridgehead atoms. The molecule has 30 heavy (non-hydrogen) atoms. The second-order valence-corrected chi connectivity index (χ2v) is 7.70. The summed E-state index contributed by atoms with van der Waals surface area (Å²) in [6, 6.07) is 16.3. The van der Waals surface area contributed by atoms with Crippen molar-refractivity contribution in [2.75, 3.05) is 19.0 Å². The highest BCUT2D eigenvalue weighted by molar-refractivity contribution is 6.04. The van der Waals surface area contributed by atoms with Crippen molar-refractivity contribution < 1.29 is 4.79 Å². The monoisotopic (exact) mass is 399 g/mol. The summed E-state index contributed by atoms with van der Waals surface area (Å²) in [6.45, 7) is 5.55. The van der Waals surface area contributed by atoms with Gasteiger partial charge in [-0.05, 0) is 42.3 Å². The van der Waals surface area contributed by atoms with Crippen LogP contribution in [0.4, 0.5) is 5.69 Å². The molecule has 1 unspecified atom stereocenters. The van der Waals surface area contributed by atoms with Crippen LogP contribution >= 0.6 is 0 Å². The number of carbonyl (C=O) groups excluding carboxylic acids is 1. The quantitative estimate of drug-likeness (QED) is 0.605. The van der Waals surface area contributed by atoms with Crippen molar-refractivity contribution in [2.24, 2.45) is 5.10 Å². The lowest BCUT2D eigenvalue weighted by Crippen LogP contribution is -2.27. The average molecular weight is 399 g/mol. The number of amides is 1. The molecule has 6 heteroatoms. The first-order chi connectivity index (χ1) is 14.4. The Labute approximate surface area is 176 Å². The molecule has 0 saturated carbocycles. The van der Waals surface area contributed by atoms with Crippen LogP contribution in [0.15, 0.2) is 84.5 Å². The zero-order chi connectivity index (χ0) is 21.3. The molecule has 1 amide bonds. The molecule has 2 aromatic carbocycles. The van der Waals surface area contributed by atoms with Crippen LogP contribution in [0.5, 0.6) is 0 Å².